The normalized spacial score (nSPS) is 11.1. The van der Waals surface area contributed by atoms with E-state index in [2.05, 4.69) is 0 Å². The van der Waals surface area contributed by atoms with Crippen LogP contribution >= 0.6 is 0 Å². The van der Waals surface area contributed by atoms with Crippen LogP contribution in [0.25, 0.3) is 6.08 Å². The summed E-state index contributed by atoms with van der Waals surface area (Å²) in [7, 11) is 4.17. The lowest BCUT2D eigenvalue weighted by atomic mass is 10.0. The van der Waals surface area contributed by atoms with Crippen LogP contribution in [0.2, 0.25) is 0 Å². The molecule has 0 aliphatic heterocycles. The molecule has 34 heavy (non-hydrogen) atoms. The van der Waals surface area contributed by atoms with E-state index in [4.69, 9.17) is 23.7 Å². The number of rotatable bonds is 10. The molecule has 0 spiro atoms. The Morgan fingerprint density at radius 3 is 2.26 bits per heavy atom. The van der Waals surface area contributed by atoms with Gasteiger partial charge in [0.05, 0.1) is 21.3 Å². The molecule has 0 saturated carbocycles. The molecular formula is C23H24F3NO7. The Morgan fingerprint density at radius 2 is 1.68 bits per heavy atom. The first-order valence-corrected chi connectivity index (χ1v) is 9.94. The minimum Gasteiger partial charge on any atom is -0.493 e. The molecule has 0 aliphatic rings. The molecule has 0 fully saturated rings. The maximum Gasteiger partial charge on any atom is 0.514 e. The summed E-state index contributed by atoms with van der Waals surface area (Å²) >= 11 is 0. The van der Waals surface area contributed by atoms with Crippen LogP contribution in [0, 0.1) is 0 Å². The average molecular weight is 483 g/mol. The van der Waals surface area contributed by atoms with Crippen molar-refractivity contribution in [3.05, 3.63) is 53.6 Å². The lowest BCUT2D eigenvalue weighted by Crippen LogP contribution is -2.37. The monoisotopic (exact) mass is 483 g/mol. The van der Waals surface area contributed by atoms with Gasteiger partial charge in [-0.3, -0.25) is 4.79 Å². The van der Waals surface area contributed by atoms with Crippen molar-refractivity contribution in [2.45, 2.75) is 12.6 Å². The molecule has 0 saturated heterocycles. The summed E-state index contributed by atoms with van der Waals surface area (Å²) in [6.45, 7) is -0.461. The predicted octanol–water partition coefficient (Wildman–Crippen LogP) is 4.16. The fraction of sp³-hybridized carbons (Fsp3) is 0.304. The van der Waals surface area contributed by atoms with Crippen LogP contribution in [0.1, 0.15) is 11.1 Å². The highest BCUT2D eigenvalue weighted by Crippen LogP contribution is 2.42. The summed E-state index contributed by atoms with van der Waals surface area (Å²) in [5, 5.41) is 1.82. The number of hydrogen-bond donors (Lipinski definition) is 1. The molecule has 184 valence electrons. The van der Waals surface area contributed by atoms with Gasteiger partial charge in [0.2, 0.25) is 5.75 Å². The van der Waals surface area contributed by atoms with Crippen molar-refractivity contribution < 1.29 is 46.4 Å². The van der Waals surface area contributed by atoms with Gasteiger partial charge in [-0.05, 0) is 36.3 Å². The maximum atomic E-state index is 12.5. The second-order valence-electron chi connectivity index (χ2n) is 6.60. The minimum absolute atomic E-state index is 0.0120. The van der Waals surface area contributed by atoms with Crippen LogP contribution in [0.3, 0.4) is 0 Å². The quantitative estimate of drug-likeness (QED) is 0.401. The van der Waals surface area contributed by atoms with E-state index in [9.17, 15) is 22.8 Å². The van der Waals surface area contributed by atoms with Gasteiger partial charge in [0.25, 0.3) is 0 Å². The zero-order chi connectivity index (χ0) is 25.1. The number of carbonyl (C=O) groups excluding carboxylic acids is 2. The summed E-state index contributed by atoms with van der Waals surface area (Å²) in [6, 6.07) is 9.94. The zero-order valence-electron chi connectivity index (χ0n) is 18.7. The third-order valence-corrected chi connectivity index (χ3v) is 4.42. The molecule has 0 atom stereocenters. The standard InChI is InChI=1S/C23H24F3NO7/c1-30-18-14-15(8-7-13-33-22(29)34-16-9-5-4-6-10-16)17(19(31-2)20(18)32-3)11-12-27-21(28)23(24,25)26/h4-10,14H,11-13H2,1-3H3,(H,27,28)/b8-7-. The zero-order valence-corrected chi connectivity index (χ0v) is 18.7. The number of methoxy groups -OCH3 is 3. The van der Waals surface area contributed by atoms with E-state index in [-0.39, 0.29) is 31.1 Å². The van der Waals surface area contributed by atoms with E-state index in [0.717, 1.165) is 0 Å². The molecule has 0 aromatic heterocycles. The molecule has 2 rings (SSSR count). The number of ether oxygens (including phenoxy) is 5. The summed E-state index contributed by atoms with van der Waals surface area (Å²) in [5.41, 5.74) is 0.946. The first kappa shape index (κ1) is 26.4. The van der Waals surface area contributed by atoms with Gasteiger partial charge in [0.1, 0.15) is 12.4 Å². The topological polar surface area (TPSA) is 92.3 Å². The van der Waals surface area contributed by atoms with Crippen LogP contribution in [0.4, 0.5) is 18.0 Å². The van der Waals surface area contributed by atoms with E-state index in [1.807, 2.05) is 5.32 Å². The second kappa shape index (κ2) is 12.4. The Hall–Kier alpha value is -3.89. The highest BCUT2D eigenvalue weighted by molar-refractivity contribution is 5.81. The molecule has 2 aromatic rings. The van der Waals surface area contributed by atoms with Gasteiger partial charge in [0.15, 0.2) is 11.5 Å². The number of para-hydroxylation sites is 1. The van der Waals surface area contributed by atoms with E-state index in [0.29, 0.717) is 22.6 Å². The number of carbonyl (C=O) groups is 2. The molecule has 0 unspecified atom stereocenters. The maximum absolute atomic E-state index is 12.5. The van der Waals surface area contributed by atoms with Crippen LogP contribution in [0.5, 0.6) is 23.0 Å². The largest absolute Gasteiger partial charge is 0.514 e. The minimum atomic E-state index is -4.99. The van der Waals surface area contributed by atoms with Gasteiger partial charge in [-0.25, -0.2) is 4.79 Å². The van der Waals surface area contributed by atoms with Crippen molar-refractivity contribution in [3.8, 4) is 23.0 Å². The van der Waals surface area contributed by atoms with E-state index in [1.165, 1.54) is 27.4 Å². The summed E-state index contributed by atoms with van der Waals surface area (Å²) < 4.78 is 63.5. The van der Waals surface area contributed by atoms with Gasteiger partial charge < -0.3 is 29.0 Å². The molecule has 0 heterocycles. The third-order valence-electron chi connectivity index (χ3n) is 4.42. The molecular weight excluding hydrogens is 459 g/mol. The Bertz CT molecular complexity index is 1010. The number of benzene rings is 2. The lowest BCUT2D eigenvalue weighted by Gasteiger charge is -2.19. The fourth-order valence-corrected chi connectivity index (χ4v) is 2.95. The van der Waals surface area contributed by atoms with Gasteiger partial charge in [-0.1, -0.05) is 24.3 Å². The number of hydrogen-bond acceptors (Lipinski definition) is 7. The van der Waals surface area contributed by atoms with Gasteiger partial charge in [0, 0.05) is 12.1 Å². The van der Waals surface area contributed by atoms with Crippen molar-refractivity contribution in [2.24, 2.45) is 0 Å². The first-order chi connectivity index (χ1) is 16.2. The van der Waals surface area contributed by atoms with Crippen molar-refractivity contribution in [1.82, 2.24) is 5.32 Å². The number of alkyl halides is 3. The SMILES string of the molecule is COc1cc(/C=C\COC(=O)Oc2ccccc2)c(CCNC(=O)C(F)(F)F)c(OC)c1OC. The molecule has 0 bridgehead atoms. The summed E-state index contributed by atoms with van der Waals surface area (Å²) in [5.74, 6) is -0.945. The Kier molecular flexibility index (Phi) is 9.60. The van der Waals surface area contributed by atoms with Crippen molar-refractivity contribution in [1.29, 1.82) is 0 Å². The van der Waals surface area contributed by atoms with Gasteiger partial charge >= 0.3 is 18.2 Å². The lowest BCUT2D eigenvalue weighted by molar-refractivity contribution is -0.173. The fourth-order valence-electron chi connectivity index (χ4n) is 2.95. The third kappa shape index (κ3) is 7.32. The van der Waals surface area contributed by atoms with Crippen LogP contribution in [-0.2, 0) is 16.0 Å². The van der Waals surface area contributed by atoms with Crippen molar-refractivity contribution in [3.63, 3.8) is 0 Å². The van der Waals surface area contributed by atoms with E-state index >= 15 is 0 Å². The highest BCUT2D eigenvalue weighted by atomic mass is 19.4. The number of nitrogens with one attached hydrogen (secondary N) is 1. The predicted molar refractivity (Wildman–Crippen MR) is 116 cm³/mol. The number of amides is 1. The second-order valence-corrected chi connectivity index (χ2v) is 6.60. The molecule has 1 amide bonds. The van der Waals surface area contributed by atoms with Gasteiger partial charge in [-0.2, -0.15) is 13.2 Å². The number of halogens is 3. The van der Waals surface area contributed by atoms with E-state index < -0.39 is 18.2 Å². The van der Waals surface area contributed by atoms with Crippen LogP contribution in [0.15, 0.2) is 42.5 Å². The molecule has 11 heteroatoms. The van der Waals surface area contributed by atoms with Gasteiger partial charge in [-0.15, -0.1) is 0 Å². The Balaban J connectivity index is 2.17. The Morgan fingerprint density at radius 1 is 1.00 bits per heavy atom. The van der Waals surface area contributed by atoms with E-state index in [1.54, 1.807) is 42.5 Å². The van der Waals surface area contributed by atoms with Crippen LogP contribution in [-0.4, -0.2) is 52.7 Å². The Labute approximate surface area is 194 Å². The average Bonchev–Trinajstić information content (AvgIpc) is 2.81. The smallest absolute Gasteiger partial charge is 0.493 e. The first-order valence-electron chi connectivity index (χ1n) is 9.94. The molecule has 1 N–H and O–H groups in total. The molecule has 0 aliphatic carbocycles. The van der Waals surface area contributed by atoms with Crippen molar-refractivity contribution in [2.75, 3.05) is 34.5 Å². The summed E-state index contributed by atoms with van der Waals surface area (Å²) in [4.78, 5) is 22.9. The van der Waals surface area contributed by atoms with Crippen LogP contribution < -0.4 is 24.3 Å². The van der Waals surface area contributed by atoms with Crippen molar-refractivity contribution >= 4 is 18.1 Å². The highest BCUT2D eigenvalue weighted by Gasteiger charge is 2.38. The molecule has 8 nitrogen and oxygen atoms in total. The molecule has 0 radical (unpaired) electrons. The molecule has 2 aromatic carbocycles. The summed E-state index contributed by atoms with van der Waals surface area (Å²) in [6.07, 6.45) is -2.83.